The van der Waals surface area contributed by atoms with E-state index >= 15 is 0 Å². The highest BCUT2D eigenvalue weighted by molar-refractivity contribution is 7.20. The van der Waals surface area contributed by atoms with Gasteiger partial charge in [-0.2, -0.15) is 0 Å². The third-order valence-corrected chi connectivity index (χ3v) is 4.11. The third kappa shape index (κ3) is 3.97. The molecule has 4 nitrogen and oxygen atoms in total. The summed E-state index contributed by atoms with van der Waals surface area (Å²) >= 11 is 12.9. The molecule has 0 bridgehead atoms. The van der Waals surface area contributed by atoms with Crippen molar-refractivity contribution in [3.63, 3.8) is 0 Å². The van der Waals surface area contributed by atoms with Crippen LogP contribution in [-0.4, -0.2) is 18.4 Å². The van der Waals surface area contributed by atoms with Crippen LogP contribution in [0.3, 0.4) is 0 Å². The van der Waals surface area contributed by atoms with Crippen molar-refractivity contribution in [3.8, 4) is 0 Å². The van der Waals surface area contributed by atoms with Crippen LogP contribution in [0.15, 0.2) is 30.3 Å². The Morgan fingerprint density at radius 2 is 1.95 bits per heavy atom. The Morgan fingerprint density at radius 1 is 1.19 bits per heavy atom. The lowest BCUT2D eigenvalue weighted by molar-refractivity contribution is 0.0954. The Bertz CT molecular complexity index is 685. The molecule has 0 aliphatic rings. The summed E-state index contributed by atoms with van der Waals surface area (Å²) in [5.74, 6) is -0.554. The maximum absolute atomic E-state index is 12.1. The smallest absolute Gasteiger partial charge is 0.258 e. The van der Waals surface area contributed by atoms with Gasteiger partial charge in [0.05, 0.1) is 9.90 Å². The Kier molecular flexibility index (Phi) is 5.22. The third-order valence-electron chi connectivity index (χ3n) is 2.62. The topological polar surface area (TPSA) is 58.2 Å². The van der Waals surface area contributed by atoms with E-state index in [0.717, 1.165) is 11.3 Å². The van der Waals surface area contributed by atoms with Crippen LogP contribution < -0.4 is 10.6 Å². The van der Waals surface area contributed by atoms with Gasteiger partial charge in [0.2, 0.25) is 0 Å². The first kappa shape index (κ1) is 15.8. The lowest BCUT2D eigenvalue weighted by Crippen LogP contribution is -2.22. The highest BCUT2D eigenvalue weighted by Crippen LogP contribution is 2.31. The van der Waals surface area contributed by atoms with Gasteiger partial charge in [-0.1, -0.05) is 29.3 Å². The SMILES string of the molecule is CCNC(=O)c1cccc(NC(=O)c2cc(Cl)sc2Cl)c1. The highest BCUT2D eigenvalue weighted by Gasteiger charge is 2.15. The standard InChI is InChI=1S/C14H12Cl2N2O2S/c1-2-17-13(19)8-4-3-5-9(6-8)18-14(20)10-7-11(15)21-12(10)16/h3-7H,2H2,1H3,(H,17,19)(H,18,20). The molecule has 7 heteroatoms. The average molecular weight is 343 g/mol. The second-order valence-electron chi connectivity index (χ2n) is 4.13. The van der Waals surface area contributed by atoms with Gasteiger partial charge in [-0.15, -0.1) is 11.3 Å². The fourth-order valence-corrected chi connectivity index (χ4v) is 3.15. The quantitative estimate of drug-likeness (QED) is 0.880. The summed E-state index contributed by atoms with van der Waals surface area (Å²) in [4.78, 5) is 23.9. The number of hydrogen-bond acceptors (Lipinski definition) is 3. The number of anilines is 1. The molecule has 1 aromatic heterocycles. The number of amides is 2. The number of nitrogens with one attached hydrogen (secondary N) is 2. The molecule has 0 saturated carbocycles. The largest absolute Gasteiger partial charge is 0.352 e. The molecular weight excluding hydrogens is 331 g/mol. The van der Waals surface area contributed by atoms with E-state index in [0.29, 0.717) is 32.0 Å². The van der Waals surface area contributed by atoms with E-state index in [4.69, 9.17) is 23.2 Å². The van der Waals surface area contributed by atoms with Gasteiger partial charge in [-0.3, -0.25) is 9.59 Å². The molecule has 0 atom stereocenters. The van der Waals surface area contributed by atoms with Crippen molar-refractivity contribution in [1.29, 1.82) is 0 Å². The number of carbonyl (C=O) groups excluding carboxylic acids is 2. The van der Waals surface area contributed by atoms with Gasteiger partial charge >= 0.3 is 0 Å². The Labute approximate surface area is 136 Å². The van der Waals surface area contributed by atoms with Crippen LogP contribution >= 0.6 is 34.5 Å². The first-order chi connectivity index (χ1) is 10.0. The normalized spacial score (nSPS) is 10.2. The van der Waals surface area contributed by atoms with Gasteiger partial charge in [0.25, 0.3) is 11.8 Å². The summed E-state index contributed by atoms with van der Waals surface area (Å²) in [6, 6.07) is 8.18. The van der Waals surface area contributed by atoms with E-state index < -0.39 is 0 Å². The minimum atomic E-state index is -0.365. The van der Waals surface area contributed by atoms with Gasteiger partial charge in [0.15, 0.2) is 0 Å². The zero-order valence-corrected chi connectivity index (χ0v) is 13.4. The fraction of sp³-hybridized carbons (Fsp3) is 0.143. The van der Waals surface area contributed by atoms with Crippen LogP contribution in [-0.2, 0) is 0 Å². The lowest BCUT2D eigenvalue weighted by Gasteiger charge is -2.07. The molecule has 21 heavy (non-hydrogen) atoms. The molecule has 0 spiro atoms. The van der Waals surface area contributed by atoms with Gasteiger partial charge in [0, 0.05) is 17.8 Å². The number of benzene rings is 1. The van der Waals surface area contributed by atoms with Crippen molar-refractivity contribution in [3.05, 3.63) is 50.1 Å². The number of hydrogen-bond donors (Lipinski definition) is 2. The Morgan fingerprint density at radius 3 is 2.57 bits per heavy atom. The van der Waals surface area contributed by atoms with Gasteiger partial charge in [-0.05, 0) is 31.2 Å². The minimum Gasteiger partial charge on any atom is -0.352 e. The number of carbonyl (C=O) groups is 2. The molecule has 2 amide bonds. The molecule has 0 unspecified atom stereocenters. The number of thiophene rings is 1. The van der Waals surface area contributed by atoms with Crippen molar-refractivity contribution in [1.82, 2.24) is 5.32 Å². The maximum atomic E-state index is 12.1. The predicted octanol–water partition coefficient (Wildman–Crippen LogP) is 4.06. The summed E-state index contributed by atoms with van der Waals surface area (Å²) < 4.78 is 0.776. The monoisotopic (exact) mass is 342 g/mol. The molecule has 2 rings (SSSR count). The fourth-order valence-electron chi connectivity index (χ4n) is 1.69. The van der Waals surface area contributed by atoms with Crippen LogP contribution in [0, 0.1) is 0 Å². The lowest BCUT2D eigenvalue weighted by atomic mass is 10.2. The first-order valence-corrected chi connectivity index (χ1v) is 7.73. The van der Waals surface area contributed by atoms with Crippen LogP contribution in [0.1, 0.15) is 27.6 Å². The van der Waals surface area contributed by atoms with Gasteiger partial charge < -0.3 is 10.6 Å². The molecule has 0 fully saturated rings. The molecular formula is C14H12Cl2N2O2S. The summed E-state index contributed by atoms with van der Waals surface area (Å²) in [5.41, 5.74) is 1.31. The average Bonchev–Trinajstić information content (AvgIpc) is 2.78. The van der Waals surface area contributed by atoms with E-state index in [2.05, 4.69) is 10.6 Å². The van der Waals surface area contributed by atoms with Gasteiger partial charge in [-0.25, -0.2) is 0 Å². The van der Waals surface area contributed by atoms with E-state index in [1.54, 1.807) is 24.3 Å². The van der Waals surface area contributed by atoms with Gasteiger partial charge in [0.1, 0.15) is 4.34 Å². The van der Waals surface area contributed by atoms with Crippen molar-refractivity contribution >= 4 is 52.0 Å². The zero-order chi connectivity index (χ0) is 15.4. The van der Waals surface area contributed by atoms with E-state index in [9.17, 15) is 9.59 Å². The van der Waals surface area contributed by atoms with Crippen LogP contribution in [0.5, 0.6) is 0 Å². The summed E-state index contributed by atoms with van der Waals surface area (Å²) in [7, 11) is 0. The molecule has 1 heterocycles. The predicted molar refractivity (Wildman–Crippen MR) is 86.7 cm³/mol. The molecule has 0 radical (unpaired) electrons. The Balaban J connectivity index is 2.16. The van der Waals surface area contributed by atoms with Crippen LogP contribution in [0.25, 0.3) is 0 Å². The highest BCUT2D eigenvalue weighted by atomic mass is 35.5. The second-order valence-corrected chi connectivity index (χ2v) is 6.42. The van der Waals surface area contributed by atoms with E-state index in [1.165, 1.54) is 6.07 Å². The molecule has 0 aliphatic carbocycles. The summed E-state index contributed by atoms with van der Waals surface area (Å²) in [6.07, 6.45) is 0. The van der Waals surface area contributed by atoms with Crippen LogP contribution in [0.4, 0.5) is 5.69 Å². The molecule has 110 valence electrons. The molecule has 2 N–H and O–H groups in total. The number of rotatable bonds is 4. The zero-order valence-electron chi connectivity index (χ0n) is 11.1. The number of halogens is 2. The van der Waals surface area contributed by atoms with E-state index in [-0.39, 0.29) is 11.8 Å². The molecule has 0 saturated heterocycles. The summed E-state index contributed by atoms with van der Waals surface area (Å²) in [6.45, 7) is 2.38. The second kappa shape index (κ2) is 6.93. The van der Waals surface area contributed by atoms with Crippen molar-refractivity contribution in [2.24, 2.45) is 0 Å². The molecule has 2 aromatic rings. The molecule has 0 aliphatic heterocycles. The first-order valence-electron chi connectivity index (χ1n) is 6.15. The molecule has 1 aromatic carbocycles. The van der Waals surface area contributed by atoms with Crippen LogP contribution in [0.2, 0.25) is 8.67 Å². The maximum Gasteiger partial charge on any atom is 0.258 e. The van der Waals surface area contributed by atoms with Crippen molar-refractivity contribution in [2.45, 2.75) is 6.92 Å². The minimum absolute atomic E-state index is 0.190. The van der Waals surface area contributed by atoms with Crippen molar-refractivity contribution < 1.29 is 9.59 Å². The van der Waals surface area contributed by atoms with Crippen molar-refractivity contribution in [2.75, 3.05) is 11.9 Å². The van der Waals surface area contributed by atoms with E-state index in [1.807, 2.05) is 6.92 Å². The summed E-state index contributed by atoms with van der Waals surface area (Å²) in [5, 5.41) is 5.39. The Hall–Kier alpha value is -1.56.